The molecule has 0 bridgehead atoms. The Bertz CT molecular complexity index is 699. The number of alkyl halides is 2. The molecule has 3 saturated carbocycles. The zero-order valence-corrected chi connectivity index (χ0v) is 19.6. The van der Waals surface area contributed by atoms with E-state index in [-0.39, 0.29) is 23.2 Å². The van der Waals surface area contributed by atoms with Crippen LogP contribution < -0.4 is 0 Å². The van der Waals surface area contributed by atoms with Crippen molar-refractivity contribution in [1.29, 1.82) is 0 Å². The fraction of sp³-hybridized carbons (Fsp3) is 0.923. The minimum Gasteiger partial charge on any atom is -0.390 e. The fourth-order valence-corrected chi connectivity index (χ4v) is 8.52. The lowest BCUT2D eigenvalue weighted by atomic mass is 9.46. The third-order valence-corrected chi connectivity index (χ3v) is 10.3. The molecular formula is C26H42F2O2. The Balaban J connectivity index is 1.55. The Hall–Kier alpha value is -0.480. The molecule has 4 heteroatoms. The Morgan fingerprint density at radius 2 is 1.77 bits per heavy atom. The predicted octanol–water partition coefficient (Wildman–Crippen LogP) is 6.36. The van der Waals surface area contributed by atoms with Gasteiger partial charge in [0.05, 0.1) is 5.60 Å². The van der Waals surface area contributed by atoms with Crippen LogP contribution in [0.1, 0.15) is 92.4 Å². The van der Waals surface area contributed by atoms with E-state index in [1.54, 1.807) is 0 Å². The van der Waals surface area contributed by atoms with Crippen molar-refractivity contribution < 1.29 is 19.0 Å². The van der Waals surface area contributed by atoms with Crippen LogP contribution in [0.25, 0.3) is 0 Å². The van der Waals surface area contributed by atoms with E-state index in [4.69, 9.17) is 0 Å². The number of halogens is 2. The first-order valence-corrected chi connectivity index (χ1v) is 12.3. The van der Waals surface area contributed by atoms with Gasteiger partial charge in [-0.1, -0.05) is 32.4 Å². The molecule has 9 unspecified atom stereocenters. The largest absolute Gasteiger partial charge is 0.390 e. The summed E-state index contributed by atoms with van der Waals surface area (Å²) in [5, 5.41) is 20.1. The van der Waals surface area contributed by atoms with E-state index in [0.717, 1.165) is 44.9 Å². The molecule has 0 aromatic rings. The van der Waals surface area contributed by atoms with Crippen molar-refractivity contribution in [2.24, 2.45) is 40.4 Å². The molecule has 2 nitrogen and oxygen atoms in total. The summed E-state index contributed by atoms with van der Waals surface area (Å²) in [5.74, 6) is -0.829. The number of hydrogen-bond acceptors (Lipinski definition) is 2. The highest BCUT2D eigenvalue weighted by Gasteiger charge is 2.60. The van der Waals surface area contributed by atoms with Crippen LogP contribution in [-0.2, 0) is 0 Å². The molecule has 0 aromatic carbocycles. The third-order valence-electron chi connectivity index (χ3n) is 10.3. The maximum Gasteiger partial charge on any atom is 0.273 e. The summed E-state index contributed by atoms with van der Waals surface area (Å²) < 4.78 is 28.6. The summed E-state index contributed by atoms with van der Waals surface area (Å²) in [6, 6.07) is 0. The molecule has 3 fully saturated rings. The van der Waals surface area contributed by atoms with Crippen molar-refractivity contribution in [3.8, 4) is 0 Å². The molecule has 0 heterocycles. The van der Waals surface area contributed by atoms with Crippen molar-refractivity contribution in [3.05, 3.63) is 11.6 Å². The molecule has 4 rings (SSSR count). The van der Waals surface area contributed by atoms with E-state index in [1.165, 1.54) is 18.9 Å². The molecule has 172 valence electrons. The van der Waals surface area contributed by atoms with E-state index in [2.05, 4.69) is 19.9 Å². The lowest BCUT2D eigenvalue weighted by Gasteiger charge is -2.59. The minimum absolute atomic E-state index is 0.0730. The second kappa shape index (κ2) is 7.27. The Kier molecular flexibility index (Phi) is 5.50. The normalized spacial score (nSPS) is 48.2. The van der Waals surface area contributed by atoms with Gasteiger partial charge >= 0.3 is 0 Å². The van der Waals surface area contributed by atoms with Gasteiger partial charge < -0.3 is 10.2 Å². The monoisotopic (exact) mass is 424 g/mol. The second-order valence-electron chi connectivity index (χ2n) is 12.3. The minimum atomic E-state index is -3.00. The van der Waals surface area contributed by atoms with E-state index in [9.17, 15) is 19.0 Å². The van der Waals surface area contributed by atoms with Gasteiger partial charge in [-0.2, -0.15) is 0 Å². The van der Waals surface area contributed by atoms with Crippen LogP contribution in [0.5, 0.6) is 0 Å². The van der Waals surface area contributed by atoms with Crippen molar-refractivity contribution in [2.75, 3.05) is 0 Å². The summed E-state index contributed by atoms with van der Waals surface area (Å²) in [6.07, 6.45) is 9.02. The maximum absolute atomic E-state index is 14.3. The highest BCUT2D eigenvalue weighted by molar-refractivity contribution is 5.26. The first-order valence-electron chi connectivity index (χ1n) is 12.3. The van der Waals surface area contributed by atoms with Gasteiger partial charge in [0.1, 0.15) is 6.10 Å². The molecular weight excluding hydrogens is 382 g/mol. The zero-order chi connectivity index (χ0) is 22.1. The van der Waals surface area contributed by atoms with Crippen LogP contribution in [0.3, 0.4) is 0 Å². The van der Waals surface area contributed by atoms with E-state index in [1.807, 2.05) is 13.8 Å². The van der Waals surface area contributed by atoms with Crippen molar-refractivity contribution in [1.82, 2.24) is 0 Å². The average Bonchev–Trinajstić information content (AvgIpc) is 2.99. The number of rotatable bonds is 4. The third kappa shape index (κ3) is 3.49. The van der Waals surface area contributed by atoms with Crippen LogP contribution in [0.2, 0.25) is 0 Å². The summed E-state index contributed by atoms with van der Waals surface area (Å²) in [7, 11) is 0. The first kappa shape index (κ1) is 22.7. The number of hydrogen-bond donors (Lipinski definition) is 2. The molecule has 4 aliphatic rings. The van der Waals surface area contributed by atoms with E-state index in [0.29, 0.717) is 23.7 Å². The van der Waals surface area contributed by atoms with Gasteiger partial charge in [-0.3, -0.25) is 0 Å². The number of allylic oxidation sites excluding steroid dienone is 1. The van der Waals surface area contributed by atoms with E-state index >= 15 is 0 Å². The zero-order valence-electron chi connectivity index (χ0n) is 19.6. The Labute approximate surface area is 181 Å². The lowest BCUT2D eigenvalue weighted by molar-refractivity contribution is -0.125. The maximum atomic E-state index is 14.3. The quantitative estimate of drug-likeness (QED) is 0.516. The molecule has 30 heavy (non-hydrogen) atoms. The number of aliphatic hydroxyl groups is 2. The van der Waals surface area contributed by atoms with Crippen LogP contribution in [0, 0.1) is 40.4 Å². The van der Waals surface area contributed by atoms with Gasteiger partial charge in [0, 0.05) is 6.42 Å². The molecule has 0 aliphatic heterocycles. The predicted molar refractivity (Wildman–Crippen MR) is 116 cm³/mol. The van der Waals surface area contributed by atoms with Gasteiger partial charge in [0.2, 0.25) is 0 Å². The van der Waals surface area contributed by atoms with Crippen LogP contribution in [0.4, 0.5) is 8.78 Å². The van der Waals surface area contributed by atoms with Crippen LogP contribution in [0.15, 0.2) is 11.6 Å². The molecule has 0 spiro atoms. The Morgan fingerprint density at radius 3 is 2.43 bits per heavy atom. The summed E-state index contributed by atoms with van der Waals surface area (Å²) in [4.78, 5) is 0. The van der Waals surface area contributed by atoms with Crippen molar-refractivity contribution >= 4 is 0 Å². The van der Waals surface area contributed by atoms with Crippen LogP contribution in [-0.4, -0.2) is 27.8 Å². The fourth-order valence-electron chi connectivity index (χ4n) is 8.52. The second-order valence-corrected chi connectivity index (χ2v) is 12.3. The molecule has 4 aliphatic carbocycles. The smallest absolute Gasteiger partial charge is 0.273 e. The summed E-state index contributed by atoms with van der Waals surface area (Å²) >= 11 is 0. The highest BCUT2D eigenvalue weighted by Crippen LogP contribution is 2.67. The van der Waals surface area contributed by atoms with E-state index < -0.39 is 17.6 Å². The number of fused-ring (bicyclic) bond motifs is 5. The molecule has 0 aromatic heterocycles. The number of aliphatic hydroxyl groups excluding tert-OH is 1. The standard InChI is InChI=1S/C26H42F2O2/c1-16(14-26(27,28)17(2)29)20-8-9-21-19-7-6-18-15-23(3,30)12-13-24(18,4)22(19)10-11-25(20,21)5/h6,16-17,19-22,29-30H,7-15H2,1-5H3. The van der Waals surface area contributed by atoms with Gasteiger partial charge in [-0.05, 0) is 106 Å². The first-order chi connectivity index (χ1) is 13.8. The van der Waals surface area contributed by atoms with Crippen molar-refractivity contribution in [3.63, 3.8) is 0 Å². The summed E-state index contributed by atoms with van der Waals surface area (Å²) in [6.45, 7) is 10.0. The molecule has 0 radical (unpaired) electrons. The molecule has 0 saturated heterocycles. The van der Waals surface area contributed by atoms with Gasteiger partial charge in [-0.25, -0.2) is 8.78 Å². The van der Waals surface area contributed by atoms with Crippen molar-refractivity contribution in [2.45, 2.75) is 110 Å². The molecule has 2 N–H and O–H groups in total. The van der Waals surface area contributed by atoms with Gasteiger partial charge in [-0.15, -0.1) is 0 Å². The summed E-state index contributed by atoms with van der Waals surface area (Å²) in [5.41, 5.74) is 1.25. The Morgan fingerprint density at radius 1 is 1.07 bits per heavy atom. The topological polar surface area (TPSA) is 40.5 Å². The van der Waals surface area contributed by atoms with Crippen LogP contribution >= 0.6 is 0 Å². The molecule has 0 amide bonds. The highest BCUT2D eigenvalue weighted by atomic mass is 19.3. The lowest BCUT2D eigenvalue weighted by Crippen LogP contribution is -2.52. The van der Waals surface area contributed by atoms with Gasteiger partial charge in [0.25, 0.3) is 5.92 Å². The van der Waals surface area contributed by atoms with Gasteiger partial charge in [0.15, 0.2) is 0 Å². The average molecular weight is 425 g/mol. The SMILES string of the molecule is CC(CC(F)(F)C(C)O)C1CCC2C3CC=C4CC(C)(O)CCC4(C)C3CCC12C. The molecule has 9 atom stereocenters.